The number of nitrogens with two attached hydrogens (primary N) is 1. The number of aliphatic imine (C=N–C) groups is 1. The van der Waals surface area contributed by atoms with E-state index in [-0.39, 0.29) is 35.2 Å². The van der Waals surface area contributed by atoms with Crippen LogP contribution in [-0.4, -0.2) is 47.0 Å². The number of allylic oxidation sites excluding steroid dienone is 1. The molecule has 3 rings (SSSR count). The quantitative estimate of drug-likeness (QED) is 0.268. The summed E-state index contributed by atoms with van der Waals surface area (Å²) < 4.78 is 61.7. The zero-order valence-electron chi connectivity index (χ0n) is 21.2. The second-order valence-corrected chi connectivity index (χ2v) is 9.66. The van der Waals surface area contributed by atoms with Gasteiger partial charge in [-0.2, -0.15) is 0 Å². The topological polar surface area (TPSA) is 78.9 Å². The van der Waals surface area contributed by atoms with Gasteiger partial charge in [0, 0.05) is 54.3 Å². The van der Waals surface area contributed by atoms with Gasteiger partial charge in [-0.25, -0.2) is 22.4 Å². The number of hydrogen-bond acceptors (Lipinski definition) is 4. The van der Waals surface area contributed by atoms with E-state index >= 15 is 13.2 Å². The van der Waals surface area contributed by atoms with Gasteiger partial charge in [-0.05, 0) is 69.0 Å². The first-order valence-electron chi connectivity index (χ1n) is 12.0. The molecule has 1 aliphatic rings. The first-order chi connectivity index (χ1) is 17.4. The van der Waals surface area contributed by atoms with Crippen LogP contribution >= 0.6 is 0 Å². The molecule has 9 heteroatoms. The average molecular weight is 518 g/mol. The Balaban J connectivity index is 2.25. The van der Waals surface area contributed by atoms with Crippen LogP contribution in [0.4, 0.5) is 17.6 Å². The summed E-state index contributed by atoms with van der Waals surface area (Å²) in [5, 5.41) is 8.83. The van der Waals surface area contributed by atoms with Gasteiger partial charge in [-0.1, -0.05) is 12.1 Å². The molecule has 0 spiro atoms. The maximum atomic E-state index is 15.9. The molecule has 3 N–H and O–H groups in total. The van der Waals surface area contributed by atoms with Crippen molar-refractivity contribution in [1.29, 1.82) is 0 Å². The number of halogens is 4. The monoisotopic (exact) mass is 517 g/mol. The Hall–Kier alpha value is -3.46. The highest BCUT2D eigenvalue weighted by atomic mass is 19.1. The van der Waals surface area contributed by atoms with Crippen molar-refractivity contribution in [2.45, 2.75) is 51.9 Å². The van der Waals surface area contributed by atoms with E-state index in [4.69, 9.17) is 10.8 Å². The van der Waals surface area contributed by atoms with Gasteiger partial charge in [0.2, 0.25) is 0 Å². The summed E-state index contributed by atoms with van der Waals surface area (Å²) in [5.74, 6) is -3.73. The Kier molecular flexibility index (Phi) is 8.58. The number of aliphatic carboxylic acids is 1. The first-order valence-corrected chi connectivity index (χ1v) is 12.0. The van der Waals surface area contributed by atoms with E-state index in [9.17, 15) is 9.18 Å². The molecule has 2 aromatic rings. The number of fused-ring (bicyclic) bond motifs is 1. The molecule has 2 unspecified atom stereocenters. The van der Waals surface area contributed by atoms with Gasteiger partial charge in [0.1, 0.15) is 23.1 Å². The van der Waals surface area contributed by atoms with Crippen molar-refractivity contribution in [3.63, 3.8) is 0 Å². The summed E-state index contributed by atoms with van der Waals surface area (Å²) in [6.07, 6.45) is 4.74. The van der Waals surface area contributed by atoms with E-state index in [2.05, 4.69) is 4.99 Å². The molecule has 0 saturated heterocycles. The van der Waals surface area contributed by atoms with Crippen molar-refractivity contribution in [2.75, 3.05) is 13.1 Å². The summed E-state index contributed by atoms with van der Waals surface area (Å²) >= 11 is 0. The molecule has 2 aromatic carbocycles. The fourth-order valence-corrected chi connectivity index (χ4v) is 4.69. The smallest absolute Gasteiger partial charge is 0.328 e. The van der Waals surface area contributed by atoms with E-state index in [1.165, 1.54) is 32.3 Å². The highest BCUT2D eigenvalue weighted by molar-refractivity contribution is 6.09. The minimum atomic E-state index is -1.70. The SMILES string of the molecule is CCN=CC(=CN)c1ccc2c(c1F)CC(C)N(CC(C)(C)F)C2c1c(F)cc(/C=C/C(=O)O)cc1F. The Morgan fingerprint density at radius 3 is 2.43 bits per heavy atom. The van der Waals surface area contributed by atoms with Gasteiger partial charge in [-0.15, -0.1) is 0 Å². The average Bonchev–Trinajstić information content (AvgIpc) is 2.80. The molecular formula is C28H31F4N3O2. The minimum Gasteiger partial charge on any atom is -0.478 e. The lowest BCUT2D eigenvalue weighted by atomic mass is 9.82. The van der Waals surface area contributed by atoms with Crippen LogP contribution in [0.5, 0.6) is 0 Å². The highest BCUT2D eigenvalue weighted by Crippen LogP contribution is 2.43. The van der Waals surface area contributed by atoms with Crippen LogP contribution in [0.3, 0.4) is 0 Å². The summed E-state index contributed by atoms with van der Waals surface area (Å²) in [6, 6.07) is 3.51. The Bertz CT molecular complexity index is 1240. The van der Waals surface area contributed by atoms with Crippen molar-refractivity contribution in [2.24, 2.45) is 10.7 Å². The molecule has 0 fully saturated rings. The molecule has 0 amide bonds. The van der Waals surface area contributed by atoms with Crippen LogP contribution in [0.2, 0.25) is 0 Å². The van der Waals surface area contributed by atoms with Crippen LogP contribution in [0.25, 0.3) is 11.6 Å². The third-order valence-electron chi connectivity index (χ3n) is 6.23. The van der Waals surface area contributed by atoms with E-state index in [0.29, 0.717) is 17.7 Å². The van der Waals surface area contributed by atoms with Gasteiger partial charge >= 0.3 is 5.97 Å². The molecule has 1 heterocycles. The molecule has 0 bridgehead atoms. The molecule has 2 atom stereocenters. The molecule has 37 heavy (non-hydrogen) atoms. The van der Waals surface area contributed by atoms with E-state index < -0.39 is 41.2 Å². The molecule has 0 aromatic heterocycles. The van der Waals surface area contributed by atoms with E-state index in [1.807, 2.05) is 6.92 Å². The summed E-state index contributed by atoms with van der Waals surface area (Å²) in [7, 11) is 0. The lowest BCUT2D eigenvalue weighted by Gasteiger charge is -2.44. The third-order valence-corrected chi connectivity index (χ3v) is 6.23. The zero-order valence-corrected chi connectivity index (χ0v) is 21.2. The van der Waals surface area contributed by atoms with Crippen molar-refractivity contribution in [3.8, 4) is 0 Å². The van der Waals surface area contributed by atoms with Crippen molar-refractivity contribution in [3.05, 3.63) is 81.8 Å². The Morgan fingerprint density at radius 2 is 1.89 bits per heavy atom. The minimum absolute atomic E-state index is 0.0112. The first kappa shape index (κ1) is 28.1. The number of carboxylic acids is 1. The molecule has 0 radical (unpaired) electrons. The van der Waals surface area contributed by atoms with Crippen LogP contribution in [-0.2, 0) is 11.2 Å². The Labute approximate surface area is 214 Å². The number of rotatable bonds is 8. The van der Waals surface area contributed by atoms with Crippen LogP contribution in [0, 0.1) is 17.5 Å². The molecule has 5 nitrogen and oxygen atoms in total. The summed E-state index contributed by atoms with van der Waals surface area (Å²) in [6.45, 7) is 6.64. The standard InChI is InChI=1S/C28H31F4N3O2/c1-5-34-14-18(13-33)19-7-8-20-21(26(19)31)10-16(2)35(15-28(3,4)32)27(20)25-22(29)11-17(12-23(25)30)6-9-24(36)37/h6-9,11-14,16,27H,5,10,15,33H2,1-4H3,(H,36,37)/b9-6+,18-13?,34-14?. The number of nitrogens with zero attached hydrogens (tertiary/aromatic N) is 2. The van der Waals surface area contributed by atoms with Crippen molar-refractivity contribution in [1.82, 2.24) is 4.90 Å². The molecular weight excluding hydrogens is 486 g/mol. The number of carboxylic acid groups (broad SMARTS) is 1. The fraction of sp³-hybridized carbons (Fsp3) is 0.357. The van der Waals surface area contributed by atoms with Crippen molar-refractivity contribution < 1.29 is 27.5 Å². The van der Waals surface area contributed by atoms with Gasteiger partial charge in [0.05, 0.1) is 6.04 Å². The highest BCUT2D eigenvalue weighted by Gasteiger charge is 2.40. The maximum Gasteiger partial charge on any atom is 0.328 e. The molecule has 0 aliphatic carbocycles. The van der Waals surface area contributed by atoms with Crippen LogP contribution in [0.1, 0.15) is 61.6 Å². The number of benzene rings is 2. The Morgan fingerprint density at radius 1 is 1.24 bits per heavy atom. The second-order valence-electron chi connectivity index (χ2n) is 9.66. The zero-order chi connectivity index (χ0) is 27.5. The van der Waals surface area contributed by atoms with Gasteiger partial charge in [0.25, 0.3) is 0 Å². The van der Waals surface area contributed by atoms with E-state index in [0.717, 1.165) is 24.3 Å². The normalized spacial score (nSPS) is 19.1. The predicted molar refractivity (Wildman–Crippen MR) is 138 cm³/mol. The third kappa shape index (κ3) is 6.28. The number of alkyl halides is 1. The van der Waals surface area contributed by atoms with Gasteiger partial charge in [-0.3, -0.25) is 9.89 Å². The maximum absolute atomic E-state index is 15.9. The summed E-state index contributed by atoms with van der Waals surface area (Å²) in [5.41, 5.74) is 4.82. The largest absolute Gasteiger partial charge is 0.478 e. The number of hydrogen-bond donors (Lipinski definition) is 2. The molecule has 0 saturated carbocycles. The van der Waals surface area contributed by atoms with Crippen molar-refractivity contribution >= 4 is 23.8 Å². The lowest BCUT2D eigenvalue weighted by Crippen LogP contribution is -2.48. The molecule has 1 aliphatic heterocycles. The predicted octanol–water partition coefficient (Wildman–Crippen LogP) is 5.68. The van der Waals surface area contributed by atoms with Crippen LogP contribution < -0.4 is 5.73 Å². The molecule has 198 valence electrons. The van der Waals surface area contributed by atoms with Gasteiger partial charge < -0.3 is 10.8 Å². The van der Waals surface area contributed by atoms with E-state index in [1.54, 1.807) is 17.9 Å². The van der Waals surface area contributed by atoms with Crippen LogP contribution in [0.15, 0.2) is 41.5 Å². The van der Waals surface area contributed by atoms with Gasteiger partial charge in [0.15, 0.2) is 0 Å². The second kappa shape index (κ2) is 11.3. The summed E-state index contributed by atoms with van der Waals surface area (Å²) in [4.78, 5) is 16.6. The fourth-order valence-electron chi connectivity index (χ4n) is 4.69. The number of carbonyl (C=O) groups is 1. The lowest BCUT2D eigenvalue weighted by molar-refractivity contribution is -0.131.